The second-order valence-corrected chi connectivity index (χ2v) is 4.69. The van der Waals surface area contributed by atoms with Crippen molar-refractivity contribution in [2.45, 2.75) is 32.8 Å². The van der Waals surface area contributed by atoms with E-state index in [1.54, 1.807) is 39.0 Å². The lowest BCUT2D eigenvalue weighted by molar-refractivity contribution is 0.0206. The summed E-state index contributed by atoms with van der Waals surface area (Å²) in [6.45, 7) is 5.39. The number of ether oxygens (including phenoxy) is 2. The molecule has 0 aliphatic heterocycles. The number of rotatable bonds is 3. The molecule has 1 aromatic carbocycles. The van der Waals surface area contributed by atoms with E-state index in [0.717, 1.165) is 5.56 Å². The maximum atomic E-state index is 11.4. The number of carbonyl (C=O) groups excluding carboxylic acids is 1. The summed E-state index contributed by atoms with van der Waals surface area (Å²) in [5.41, 5.74) is 0.341. The zero-order chi connectivity index (χ0) is 12.9. The second-order valence-electron chi connectivity index (χ2n) is 4.69. The fraction of sp³-hybridized carbons (Fsp3) is 0.462. The minimum Gasteiger partial charge on any atom is -0.428 e. The van der Waals surface area contributed by atoms with Crippen molar-refractivity contribution in [1.82, 2.24) is 0 Å². The number of hydrogen-bond donors (Lipinski definition) is 1. The molecule has 0 saturated heterocycles. The van der Waals surface area contributed by atoms with Crippen LogP contribution in [0, 0.1) is 0 Å². The Labute approximate surface area is 101 Å². The molecule has 0 aromatic heterocycles. The Kier molecular flexibility index (Phi) is 4.52. The minimum absolute atomic E-state index is 0.0654. The van der Waals surface area contributed by atoms with Crippen molar-refractivity contribution >= 4 is 6.16 Å². The summed E-state index contributed by atoms with van der Waals surface area (Å²) in [4.78, 5) is 11.4. The summed E-state index contributed by atoms with van der Waals surface area (Å²) in [6, 6.07) is 7.01. The van der Waals surface area contributed by atoms with Crippen molar-refractivity contribution in [2.75, 3.05) is 6.61 Å². The van der Waals surface area contributed by atoms with Crippen LogP contribution in [0.5, 0.6) is 5.75 Å². The predicted octanol–water partition coefficient (Wildman–Crippen LogP) is 2.54. The zero-order valence-electron chi connectivity index (χ0n) is 10.4. The van der Waals surface area contributed by atoms with Gasteiger partial charge in [0.25, 0.3) is 0 Å². The van der Waals surface area contributed by atoms with Crippen LogP contribution < -0.4 is 4.74 Å². The van der Waals surface area contributed by atoms with E-state index in [0.29, 0.717) is 12.2 Å². The molecule has 94 valence electrons. The van der Waals surface area contributed by atoms with E-state index < -0.39 is 11.8 Å². The van der Waals surface area contributed by atoms with Crippen molar-refractivity contribution in [3.05, 3.63) is 29.8 Å². The molecule has 0 atom stereocenters. The molecule has 1 rings (SSSR count). The highest BCUT2D eigenvalue weighted by Crippen LogP contribution is 2.16. The smallest absolute Gasteiger partial charge is 0.428 e. The molecule has 17 heavy (non-hydrogen) atoms. The third kappa shape index (κ3) is 5.36. The molecule has 4 nitrogen and oxygen atoms in total. The zero-order valence-corrected chi connectivity index (χ0v) is 10.4. The third-order valence-corrected chi connectivity index (χ3v) is 1.89. The van der Waals surface area contributed by atoms with Crippen LogP contribution in [0.3, 0.4) is 0 Å². The first-order valence-electron chi connectivity index (χ1n) is 5.51. The standard InChI is InChI=1S/C13H18O4/c1-13(2,3)17-12(15)16-11-6-4-5-10(9-11)7-8-14/h4-6,9,14H,7-8H2,1-3H3. The first-order valence-corrected chi connectivity index (χ1v) is 5.51. The van der Waals surface area contributed by atoms with Gasteiger partial charge in [0.1, 0.15) is 11.4 Å². The molecule has 1 N–H and O–H groups in total. The van der Waals surface area contributed by atoms with Gasteiger partial charge in [-0.25, -0.2) is 4.79 Å². The molecule has 0 unspecified atom stereocenters. The van der Waals surface area contributed by atoms with Crippen LogP contribution >= 0.6 is 0 Å². The first-order chi connectivity index (χ1) is 7.90. The summed E-state index contributed by atoms with van der Waals surface area (Å²) in [5, 5.41) is 8.81. The molecule has 0 bridgehead atoms. The molecule has 0 aliphatic rings. The van der Waals surface area contributed by atoms with Gasteiger partial charge in [-0.2, -0.15) is 0 Å². The maximum Gasteiger partial charge on any atom is 0.514 e. The normalized spacial score (nSPS) is 11.1. The Morgan fingerprint density at radius 2 is 2.06 bits per heavy atom. The summed E-state index contributed by atoms with van der Waals surface area (Å²) in [6.07, 6.45) is -0.190. The van der Waals surface area contributed by atoms with Crippen LogP contribution in [0.1, 0.15) is 26.3 Å². The van der Waals surface area contributed by atoms with Crippen molar-refractivity contribution in [3.63, 3.8) is 0 Å². The molecule has 0 fully saturated rings. The van der Waals surface area contributed by atoms with Gasteiger partial charge in [0.15, 0.2) is 0 Å². The molecular formula is C13H18O4. The van der Waals surface area contributed by atoms with Crippen LogP contribution in [0.2, 0.25) is 0 Å². The number of hydrogen-bond acceptors (Lipinski definition) is 4. The van der Waals surface area contributed by atoms with E-state index in [4.69, 9.17) is 14.6 Å². The van der Waals surface area contributed by atoms with Crippen LogP contribution in [0.25, 0.3) is 0 Å². The third-order valence-electron chi connectivity index (χ3n) is 1.89. The van der Waals surface area contributed by atoms with E-state index in [1.807, 2.05) is 6.07 Å². The van der Waals surface area contributed by atoms with Crippen molar-refractivity contribution in [2.24, 2.45) is 0 Å². The summed E-state index contributed by atoms with van der Waals surface area (Å²) < 4.78 is 10.1. The molecule has 0 heterocycles. The fourth-order valence-corrected chi connectivity index (χ4v) is 1.26. The van der Waals surface area contributed by atoms with Crippen molar-refractivity contribution in [1.29, 1.82) is 0 Å². The molecule has 4 heteroatoms. The van der Waals surface area contributed by atoms with Gasteiger partial charge < -0.3 is 14.6 Å². The van der Waals surface area contributed by atoms with Gasteiger partial charge in [-0.1, -0.05) is 12.1 Å². The molecule has 0 saturated carbocycles. The average molecular weight is 238 g/mol. The van der Waals surface area contributed by atoms with E-state index in [-0.39, 0.29) is 6.61 Å². The lowest BCUT2D eigenvalue weighted by atomic mass is 10.1. The Hall–Kier alpha value is -1.55. The monoisotopic (exact) mass is 238 g/mol. The van der Waals surface area contributed by atoms with Crippen LogP contribution in [0.4, 0.5) is 4.79 Å². The molecule has 1 aromatic rings. The molecule has 0 aliphatic carbocycles. The van der Waals surface area contributed by atoms with E-state index in [2.05, 4.69) is 0 Å². The van der Waals surface area contributed by atoms with Crippen LogP contribution in [-0.2, 0) is 11.2 Å². The SMILES string of the molecule is CC(C)(C)OC(=O)Oc1cccc(CCO)c1. The Balaban J connectivity index is 2.62. The summed E-state index contributed by atoms with van der Waals surface area (Å²) in [7, 11) is 0. The number of aliphatic hydroxyl groups excluding tert-OH is 1. The first kappa shape index (κ1) is 13.5. The van der Waals surface area contributed by atoms with Gasteiger partial charge in [-0.15, -0.1) is 0 Å². The Morgan fingerprint density at radius 3 is 2.65 bits per heavy atom. The van der Waals surface area contributed by atoms with Gasteiger partial charge in [-0.05, 0) is 44.9 Å². The number of benzene rings is 1. The van der Waals surface area contributed by atoms with E-state index in [9.17, 15) is 4.79 Å². The van der Waals surface area contributed by atoms with Gasteiger partial charge >= 0.3 is 6.16 Å². The van der Waals surface area contributed by atoms with E-state index in [1.165, 1.54) is 0 Å². The van der Waals surface area contributed by atoms with E-state index >= 15 is 0 Å². The average Bonchev–Trinajstić information content (AvgIpc) is 2.15. The van der Waals surface area contributed by atoms with Gasteiger partial charge in [-0.3, -0.25) is 0 Å². The second kappa shape index (κ2) is 5.68. The predicted molar refractivity (Wildman–Crippen MR) is 64.1 cm³/mol. The Bertz CT molecular complexity index is 379. The summed E-state index contributed by atoms with van der Waals surface area (Å²) >= 11 is 0. The lowest BCUT2D eigenvalue weighted by Gasteiger charge is -2.18. The largest absolute Gasteiger partial charge is 0.514 e. The number of carbonyl (C=O) groups is 1. The van der Waals surface area contributed by atoms with Gasteiger partial charge in [0.05, 0.1) is 0 Å². The van der Waals surface area contributed by atoms with Crippen LogP contribution in [0.15, 0.2) is 24.3 Å². The van der Waals surface area contributed by atoms with Crippen molar-refractivity contribution < 1.29 is 19.4 Å². The minimum atomic E-state index is -0.723. The highest BCUT2D eigenvalue weighted by atomic mass is 16.7. The Morgan fingerprint density at radius 1 is 1.35 bits per heavy atom. The van der Waals surface area contributed by atoms with Crippen LogP contribution in [-0.4, -0.2) is 23.5 Å². The summed E-state index contributed by atoms with van der Waals surface area (Å²) in [5.74, 6) is 0.421. The number of aliphatic hydroxyl groups is 1. The fourth-order valence-electron chi connectivity index (χ4n) is 1.26. The molecule has 0 amide bonds. The lowest BCUT2D eigenvalue weighted by Crippen LogP contribution is -2.25. The highest BCUT2D eigenvalue weighted by Gasteiger charge is 2.17. The van der Waals surface area contributed by atoms with Crippen molar-refractivity contribution in [3.8, 4) is 5.75 Å². The highest BCUT2D eigenvalue weighted by molar-refractivity contribution is 5.64. The quantitative estimate of drug-likeness (QED) is 0.649. The molecule has 0 radical (unpaired) electrons. The van der Waals surface area contributed by atoms with Gasteiger partial charge in [0.2, 0.25) is 0 Å². The molecule has 0 spiro atoms. The molecular weight excluding hydrogens is 220 g/mol. The van der Waals surface area contributed by atoms with Gasteiger partial charge in [0, 0.05) is 6.61 Å². The maximum absolute atomic E-state index is 11.4. The topological polar surface area (TPSA) is 55.8 Å².